The summed E-state index contributed by atoms with van der Waals surface area (Å²) in [7, 11) is 0. The number of carboxylic acid groups (broad SMARTS) is 1. The van der Waals surface area contributed by atoms with E-state index >= 15 is 0 Å². The van der Waals surface area contributed by atoms with Gasteiger partial charge in [0.25, 0.3) is 5.56 Å². The smallest absolute Gasteiger partial charge is 0.307 e. The highest BCUT2D eigenvalue weighted by atomic mass is 32.2. The van der Waals surface area contributed by atoms with Crippen molar-refractivity contribution < 1.29 is 9.90 Å². The van der Waals surface area contributed by atoms with Gasteiger partial charge in [-0.15, -0.1) is 0 Å². The lowest BCUT2D eigenvalue weighted by molar-refractivity contribution is -0.140. The largest absolute Gasteiger partial charge is 0.481 e. The molecule has 1 heterocycles. The molecule has 0 aliphatic rings. The first-order valence-electron chi connectivity index (χ1n) is 5.93. The van der Waals surface area contributed by atoms with Gasteiger partial charge >= 0.3 is 5.97 Å². The van der Waals surface area contributed by atoms with Crippen molar-refractivity contribution in [3.8, 4) is 0 Å². The number of H-pyrrole nitrogens is 1. The minimum atomic E-state index is -0.845. The van der Waals surface area contributed by atoms with Crippen molar-refractivity contribution in [2.45, 2.75) is 44.0 Å². The zero-order valence-corrected chi connectivity index (χ0v) is 11.6. The Bertz CT molecular complexity index is 473. The molecule has 2 N–H and O–H groups in total. The molecular formula is C12H18N2O3S. The molecule has 100 valence electrons. The molecule has 0 aliphatic carbocycles. The predicted octanol–water partition coefficient (Wildman–Crippen LogP) is 1.92. The van der Waals surface area contributed by atoms with Gasteiger partial charge in [0.15, 0.2) is 5.16 Å². The summed E-state index contributed by atoms with van der Waals surface area (Å²) < 4.78 is 0. The van der Waals surface area contributed by atoms with Crippen molar-refractivity contribution in [2.24, 2.45) is 5.92 Å². The monoisotopic (exact) mass is 270 g/mol. The number of nitrogens with zero attached hydrogens (tertiary/aromatic N) is 1. The van der Waals surface area contributed by atoms with Crippen LogP contribution in [0.15, 0.2) is 16.0 Å². The Morgan fingerprint density at radius 3 is 2.78 bits per heavy atom. The van der Waals surface area contributed by atoms with Gasteiger partial charge < -0.3 is 10.1 Å². The molecule has 0 aliphatic heterocycles. The van der Waals surface area contributed by atoms with Gasteiger partial charge in [-0.3, -0.25) is 9.59 Å². The van der Waals surface area contributed by atoms with Crippen LogP contribution in [0.3, 0.4) is 0 Å². The molecule has 0 bridgehead atoms. The third kappa shape index (κ3) is 4.18. The topological polar surface area (TPSA) is 83.0 Å². The van der Waals surface area contributed by atoms with Crippen LogP contribution in [0.2, 0.25) is 0 Å². The summed E-state index contributed by atoms with van der Waals surface area (Å²) in [5, 5.41) is 9.26. The van der Waals surface area contributed by atoms with Crippen LogP contribution in [-0.2, 0) is 11.2 Å². The molecule has 0 aromatic carbocycles. The van der Waals surface area contributed by atoms with E-state index in [1.807, 2.05) is 13.8 Å². The normalized spacial score (nSPS) is 14.2. The summed E-state index contributed by atoms with van der Waals surface area (Å²) in [6.45, 7) is 5.48. The number of thioether (sulfide) groups is 1. The molecule has 6 heteroatoms. The molecule has 0 radical (unpaired) electrons. The summed E-state index contributed by atoms with van der Waals surface area (Å²) in [6, 6.07) is 1.48. The van der Waals surface area contributed by atoms with Crippen LogP contribution in [0.5, 0.6) is 0 Å². The molecule has 0 saturated carbocycles. The number of nitrogens with one attached hydrogen (secondary N) is 1. The maximum atomic E-state index is 11.4. The average molecular weight is 270 g/mol. The second kappa shape index (κ2) is 6.58. The molecule has 0 fully saturated rings. The third-order valence-corrected chi connectivity index (χ3v) is 3.87. The standard InChI is InChI=1S/C12H18N2O3S/c1-4-5-9-6-10(15)14-12(13-9)18-8(3)7(2)11(16)17/h6-8H,4-5H2,1-3H3,(H,16,17)(H,13,14,15). The van der Waals surface area contributed by atoms with Gasteiger partial charge in [0, 0.05) is 17.0 Å². The summed E-state index contributed by atoms with van der Waals surface area (Å²) in [5.41, 5.74) is 0.560. The maximum absolute atomic E-state index is 11.4. The number of aromatic nitrogens is 2. The number of aromatic amines is 1. The number of aliphatic carboxylic acids is 1. The molecule has 2 atom stereocenters. The van der Waals surface area contributed by atoms with Crippen LogP contribution in [0.4, 0.5) is 0 Å². The van der Waals surface area contributed by atoms with Crippen molar-refractivity contribution >= 4 is 17.7 Å². The van der Waals surface area contributed by atoms with Gasteiger partial charge in [-0.05, 0) is 6.42 Å². The molecule has 18 heavy (non-hydrogen) atoms. The van der Waals surface area contributed by atoms with E-state index in [-0.39, 0.29) is 10.8 Å². The predicted molar refractivity (Wildman–Crippen MR) is 71.0 cm³/mol. The average Bonchev–Trinajstić information content (AvgIpc) is 2.27. The summed E-state index contributed by atoms with van der Waals surface area (Å²) in [5.74, 6) is -1.34. The Labute approximate surface area is 110 Å². The quantitative estimate of drug-likeness (QED) is 0.609. The summed E-state index contributed by atoms with van der Waals surface area (Å²) >= 11 is 1.29. The third-order valence-electron chi connectivity index (χ3n) is 2.67. The minimum Gasteiger partial charge on any atom is -0.481 e. The molecule has 0 saturated heterocycles. The van der Waals surface area contributed by atoms with E-state index in [4.69, 9.17) is 5.11 Å². The van der Waals surface area contributed by atoms with Crippen molar-refractivity contribution in [3.63, 3.8) is 0 Å². The Morgan fingerprint density at radius 2 is 2.22 bits per heavy atom. The molecule has 0 spiro atoms. The molecule has 0 amide bonds. The number of carboxylic acids is 1. The summed E-state index contributed by atoms with van der Waals surface area (Å²) in [4.78, 5) is 29.3. The van der Waals surface area contributed by atoms with Gasteiger partial charge in [0.05, 0.1) is 5.92 Å². The number of hydrogen-bond donors (Lipinski definition) is 2. The molecule has 1 aromatic heterocycles. The van der Waals surface area contributed by atoms with E-state index in [9.17, 15) is 9.59 Å². The van der Waals surface area contributed by atoms with Crippen molar-refractivity contribution in [3.05, 3.63) is 22.1 Å². The van der Waals surface area contributed by atoms with E-state index in [2.05, 4.69) is 9.97 Å². The molecule has 2 unspecified atom stereocenters. The first kappa shape index (κ1) is 14.8. The molecular weight excluding hydrogens is 252 g/mol. The lowest BCUT2D eigenvalue weighted by atomic mass is 10.1. The van der Waals surface area contributed by atoms with E-state index in [1.54, 1.807) is 6.92 Å². The van der Waals surface area contributed by atoms with E-state index < -0.39 is 11.9 Å². The fourth-order valence-electron chi connectivity index (χ4n) is 1.40. The van der Waals surface area contributed by atoms with Crippen molar-refractivity contribution in [1.29, 1.82) is 0 Å². The van der Waals surface area contributed by atoms with Gasteiger partial charge in [0.1, 0.15) is 0 Å². The van der Waals surface area contributed by atoms with Crippen LogP contribution < -0.4 is 5.56 Å². The molecule has 1 aromatic rings. The van der Waals surface area contributed by atoms with Gasteiger partial charge in [-0.25, -0.2) is 4.98 Å². The molecule has 5 nitrogen and oxygen atoms in total. The fraction of sp³-hybridized carbons (Fsp3) is 0.583. The van der Waals surface area contributed by atoms with Crippen LogP contribution in [0.25, 0.3) is 0 Å². The van der Waals surface area contributed by atoms with Crippen LogP contribution >= 0.6 is 11.8 Å². The number of carbonyl (C=O) groups is 1. The zero-order chi connectivity index (χ0) is 13.7. The minimum absolute atomic E-state index is 0.150. The Kier molecular flexibility index (Phi) is 5.40. The first-order valence-corrected chi connectivity index (χ1v) is 6.81. The highest BCUT2D eigenvalue weighted by Crippen LogP contribution is 2.24. The van der Waals surface area contributed by atoms with Crippen LogP contribution in [0, 0.1) is 5.92 Å². The van der Waals surface area contributed by atoms with E-state index in [1.165, 1.54) is 17.8 Å². The number of rotatable bonds is 6. The second-order valence-corrected chi connectivity index (χ2v) is 5.61. The lowest BCUT2D eigenvalue weighted by Gasteiger charge is -2.14. The van der Waals surface area contributed by atoms with Crippen molar-refractivity contribution in [1.82, 2.24) is 9.97 Å². The van der Waals surface area contributed by atoms with Gasteiger partial charge in [-0.2, -0.15) is 0 Å². The number of hydrogen-bond acceptors (Lipinski definition) is 4. The second-order valence-electron chi connectivity index (χ2n) is 4.24. The lowest BCUT2D eigenvalue weighted by Crippen LogP contribution is -2.21. The highest BCUT2D eigenvalue weighted by Gasteiger charge is 2.21. The van der Waals surface area contributed by atoms with E-state index in [0.29, 0.717) is 5.16 Å². The maximum Gasteiger partial charge on any atom is 0.307 e. The number of aryl methyl sites for hydroxylation is 1. The highest BCUT2D eigenvalue weighted by molar-refractivity contribution is 7.99. The van der Waals surface area contributed by atoms with Crippen LogP contribution in [-0.4, -0.2) is 26.3 Å². The van der Waals surface area contributed by atoms with E-state index in [0.717, 1.165) is 18.5 Å². The van der Waals surface area contributed by atoms with Gasteiger partial charge in [0.2, 0.25) is 0 Å². The van der Waals surface area contributed by atoms with Crippen molar-refractivity contribution in [2.75, 3.05) is 0 Å². The first-order chi connectivity index (χ1) is 8.43. The zero-order valence-electron chi connectivity index (χ0n) is 10.8. The summed E-state index contributed by atoms with van der Waals surface area (Å²) in [6.07, 6.45) is 1.67. The SMILES string of the molecule is CCCc1cc(=O)[nH]c(SC(C)C(C)C(=O)O)n1. The Hall–Kier alpha value is -1.30. The van der Waals surface area contributed by atoms with Gasteiger partial charge in [-0.1, -0.05) is 39.0 Å². The molecule has 1 rings (SSSR count). The van der Waals surface area contributed by atoms with Crippen LogP contribution in [0.1, 0.15) is 32.9 Å². The fourth-order valence-corrected chi connectivity index (χ4v) is 2.40. The Morgan fingerprint density at radius 1 is 1.56 bits per heavy atom. The Balaban J connectivity index is 2.84.